The van der Waals surface area contributed by atoms with E-state index < -0.39 is 0 Å². The molecule has 5 rings (SSSR count). The van der Waals surface area contributed by atoms with E-state index in [2.05, 4.69) is 20.5 Å². The molecule has 0 fully saturated rings. The van der Waals surface area contributed by atoms with Gasteiger partial charge in [-0.15, -0.1) is 0 Å². The zero-order valence-electron chi connectivity index (χ0n) is 14.6. The van der Waals surface area contributed by atoms with Gasteiger partial charge in [-0.25, -0.2) is 4.98 Å². The van der Waals surface area contributed by atoms with E-state index in [0.29, 0.717) is 27.2 Å². The van der Waals surface area contributed by atoms with Crippen LogP contribution in [0.5, 0.6) is 0 Å². The van der Waals surface area contributed by atoms with Gasteiger partial charge in [0.25, 0.3) is 5.91 Å². The third-order valence-corrected chi connectivity index (χ3v) is 5.90. The number of carbonyl (C=O) groups is 1. The molecule has 0 radical (unpaired) electrons. The number of rotatable bonds is 3. The van der Waals surface area contributed by atoms with Gasteiger partial charge in [0.2, 0.25) is 0 Å². The summed E-state index contributed by atoms with van der Waals surface area (Å²) >= 11 is 7.59. The predicted molar refractivity (Wildman–Crippen MR) is 111 cm³/mol. The molecule has 8 heteroatoms. The Bertz CT molecular complexity index is 1280. The molecule has 0 bridgehead atoms. The van der Waals surface area contributed by atoms with Crippen LogP contribution in [0.1, 0.15) is 15.9 Å². The van der Waals surface area contributed by atoms with Crippen LogP contribution in [0.3, 0.4) is 0 Å². The first-order chi connectivity index (χ1) is 13.6. The number of aryl methyl sites for hydroxylation is 1. The van der Waals surface area contributed by atoms with Crippen LogP contribution in [-0.4, -0.2) is 21.1 Å². The van der Waals surface area contributed by atoms with Crippen LogP contribution in [-0.2, 0) is 0 Å². The number of aromatic nitrogens is 3. The summed E-state index contributed by atoms with van der Waals surface area (Å²) < 4.78 is 6.70. The Morgan fingerprint density at radius 3 is 2.93 bits per heavy atom. The van der Waals surface area contributed by atoms with Gasteiger partial charge < -0.3 is 4.42 Å². The number of amides is 1. The van der Waals surface area contributed by atoms with Crippen molar-refractivity contribution in [1.82, 2.24) is 15.2 Å². The Labute approximate surface area is 168 Å². The molecule has 138 valence electrons. The zero-order chi connectivity index (χ0) is 19.3. The number of hydrogen-bond acceptors (Lipinski definition) is 5. The minimum Gasteiger partial charge on any atom is -0.454 e. The lowest BCUT2D eigenvalue weighted by atomic mass is 10.2. The summed E-state index contributed by atoms with van der Waals surface area (Å²) in [5.41, 5.74) is 3.43. The van der Waals surface area contributed by atoms with Gasteiger partial charge in [0, 0.05) is 5.39 Å². The summed E-state index contributed by atoms with van der Waals surface area (Å²) in [4.78, 5) is 17.4. The second-order valence-corrected chi connectivity index (χ2v) is 7.73. The Balaban J connectivity index is 1.49. The normalized spacial score (nSPS) is 11.4. The van der Waals surface area contributed by atoms with Crippen molar-refractivity contribution in [3.8, 4) is 11.5 Å². The van der Waals surface area contributed by atoms with Gasteiger partial charge in [0.15, 0.2) is 10.9 Å². The quantitative estimate of drug-likeness (QED) is 0.404. The lowest BCUT2D eigenvalue weighted by Gasteiger charge is -2.01. The van der Waals surface area contributed by atoms with Gasteiger partial charge in [-0.3, -0.25) is 15.2 Å². The number of nitrogens with one attached hydrogen (secondary N) is 2. The number of halogens is 1. The van der Waals surface area contributed by atoms with Crippen LogP contribution in [0.4, 0.5) is 5.13 Å². The van der Waals surface area contributed by atoms with E-state index in [0.717, 1.165) is 26.7 Å². The van der Waals surface area contributed by atoms with Crippen molar-refractivity contribution in [2.45, 2.75) is 6.92 Å². The maximum Gasteiger partial charge on any atom is 0.261 e. The number of nitrogens with zero attached hydrogens (tertiary/aromatic N) is 2. The standard InChI is InChI=1S/C20H13ClN4O2S/c1-10-6-7-13(21)18-16(10)23-20(28-18)24-19(26)12-9-22-25-17(12)15-8-11-4-2-3-5-14(11)27-15/h2-9H,1H3,(H,22,25)(H,23,24,26). The first-order valence-corrected chi connectivity index (χ1v) is 9.69. The lowest BCUT2D eigenvalue weighted by molar-refractivity contribution is 0.102. The molecule has 3 heterocycles. The zero-order valence-corrected chi connectivity index (χ0v) is 16.2. The van der Waals surface area contributed by atoms with Crippen molar-refractivity contribution in [3.05, 3.63) is 64.8 Å². The maximum absolute atomic E-state index is 12.9. The molecule has 28 heavy (non-hydrogen) atoms. The number of hydrogen-bond donors (Lipinski definition) is 2. The van der Waals surface area contributed by atoms with Gasteiger partial charge in [0.1, 0.15) is 11.3 Å². The van der Waals surface area contributed by atoms with Gasteiger partial charge in [-0.2, -0.15) is 5.10 Å². The fraction of sp³-hybridized carbons (Fsp3) is 0.0500. The molecule has 2 N–H and O–H groups in total. The van der Waals surface area contributed by atoms with E-state index in [1.165, 1.54) is 17.5 Å². The van der Waals surface area contributed by atoms with Crippen molar-refractivity contribution in [1.29, 1.82) is 0 Å². The van der Waals surface area contributed by atoms with E-state index in [9.17, 15) is 4.79 Å². The lowest BCUT2D eigenvalue weighted by Crippen LogP contribution is -2.11. The van der Waals surface area contributed by atoms with Crippen molar-refractivity contribution in [3.63, 3.8) is 0 Å². The van der Waals surface area contributed by atoms with Crippen LogP contribution in [0.2, 0.25) is 5.02 Å². The fourth-order valence-corrected chi connectivity index (χ4v) is 4.28. The van der Waals surface area contributed by atoms with Crippen LogP contribution >= 0.6 is 22.9 Å². The molecule has 0 saturated carbocycles. The van der Waals surface area contributed by atoms with E-state index in [1.807, 2.05) is 49.4 Å². The highest BCUT2D eigenvalue weighted by Gasteiger charge is 2.20. The van der Waals surface area contributed by atoms with Gasteiger partial charge in [-0.05, 0) is 30.7 Å². The molecule has 0 atom stereocenters. The van der Waals surface area contributed by atoms with Crippen molar-refractivity contribution in [2.24, 2.45) is 0 Å². The number of fused-ring (bicyclic) bond motifs is 2. The summed E-state index contributed by atoms with van der Waals surface area (Å²) in [5, 5.41) is 11.8. The molecule has 6 nitrogen and oxygen atoms in total. The Morgan fingerprint density at radius 2 is 2.11 bits per heavy atom. The number of H-pyrrole nitrogens is 1. The van der Waals surface area contributed by atoms with Crippen molar-refractivity contribution >= 4 is 55.2 Å². The average Bonchev–Trinajstić information content (AvgIpc) is 3.41. The summed E-state index contributed by atoms with van der Waals surface area (Å²) in [5.74, 6) is 0.226. The number of benzene rings is 2. The molecule has 5 aromatic rings. The first kappa shape index (κ1) is 17.0. The fourth-order valence-electron chi connectivity index (χ4n) is 3.07. The molecule has 2 aromatic carbocycles. The summed E-state index contributed by atoms with van der Waals surface area (Å²) in [6.45, 7) is 1.96. The second-order valence-electron chi connectivity index (χ2n) is 6.32. The van der Waals surface area contributed by atoms with Crippen molar-refractivity contribution in [2.75, 3.05) is 5.32 Å². The first-order valence-electron chi connectivity index (χ1n) is 8.49. The molecule has 0 aliphatic heterocycles. The average molecular weight is 409 g/mol. The van der Waals surface area contributed by atoms with Gasteiger partial charge >= 0.3 is 0 Å². The summed E-state index contributed by atoms with van der Waals surface area (Å²) in [6, 6.07) is 13.3. The molecule has 0 saturated heterocycles. The number of anilines is 1. The summed E-state index contributed by atoms with van der Waals surface area (Å²) in [6.07, 6.45) is 1.48. The SMILES string of the molecule is Cc1ccc(Cl)c2sc(NC(=O)c3cn[nH]c3-c3cc4ccccc4o3)nc12. The highest BCUT2D eigenvalue weighted by Crippen LogP contribution is 2.34. The molecular formula is C20H13ClN4O2S. The number of thiazole rings is 1. The van der Waals surface area contributed by atoms with Gasteiger partial charge in [0.05, 0.1) is 27.0 Å². The Hall–Kier alpha value is -3.16. The minimum absolute atomic E-state index is 0.322. The second kappa shape index (κ2) is 6.47. The number of carbonyl (C=O) groups excluding carboxylic acids is 1. The van der Waals surface area contributed by atoms with E-state index in [1.54, 1.807) is 0 Å². The molecule has 0 spiro atoms. The van der Waals surface area contributed by atoms with Crippen LogP contribution in [0, 0.1) is 6.92 Å². The predicted octanol–water partition coefficient (Wildman–Crippen LogP) is 5.65. The van der Waals surface area contributed by atoms with Crippen LogP contribution < -0.4 is 5.32 Å². The van der Waals surface area contributed by atoms with E-state index in [4.69, 9.17) is 16.0 Å². The third kappa shape index (κ3) is 2.76. The maximum atomic E-state index is 12.9. The number of furan rings is 1. The Kier molecular flexibility index (Phi) is 3.92. The molecule has 0 unspecified atom stereocenters. The van der Waals surface area contributed by atoms with Gasteiger partial charge in [-0.1, -0.05) is 47.2 Å². The van der Waals surface area contributed by atoms with Crippen LogP contribution in [0.15, 0.2) is 53.1 Å². The highest BCUT2D eigenvalue weighted by atomic mass is 35.5. The minimum atomic E-state index is -0.322. The topological polar surface area (TPSA) is 83.8 Å². The summed E-state index contributed by atoms with van der Waals surface area (Å²) in [7, 11) is 0. The molecule has 3 aromatic heterocycles. The Morgan fingerprint density at radius 1 is 1.25 bits per heavy atom. The third-order valence-electron chi connectivity index (χ3n) is 4.47. The van der Waals surface area contributed by atoms with Crippen molar-refractivity contribution < 1.29 is 9.21 Å². The number of para-hydroxylation sites is 1. The smallest absolute Gasteiger partial charge is 0.261 e. The van der Waals surface area contributed by atoms with E-state index >= 15 is 0 Å². The molecular weight excluding hydrogens is 396 g/mol. The largest absolute Gasteiger partial charge is 0.454 e. The molecule has 0 aliphatic rings. The number of aromatic amines is 1. The molecule has 0 aliphatic carbocycles. The monoisotopic (exact) mass is 408 g/mol. The molecule has 1 amide bonds. The van der Waals surface area contributed by atoms with Crippen LogP contribution in [0.25, 0.3) is 32.6 Å². The highest BCUT2D eigenvalue weighted by molar-refractivity contribution is 7.23. The van der Waals surface area contributed by atoms with E-state index in [-0.39, 0.29) is 5.91 Å².